The van der Waals surface area contributed by atoms with Crippen molar-refractivity contribution in [3.8, 4) is 5.75 Å². The van der Waals surface area contributed by atoms with Crippen molar-refractivity contribution in [3.63, 3.8) is 0 Å². The monoisotopic (exact) mass is 271 g/mol. The van der Waals surface area contributed by atoms with Gasteiger partial charge in [-0.15, -0.1) is 0 Å². The predicted octanol–water partition coefficient (Wildman–Crippen LogP) is 0.143. The third-order valence-electron chi connectivity index (χ3n) is 2.13. The Morgan fingerprint density at radius 3 is 2.11 bits per heavy atom. The van der Waals surface area contributed by atoms with E-state index in [1.165, 1.54) is 0 Å². The average molecular weight is 271 g/mol. The standard InChI is InChI=1S/C11H10FNO6/c12-6-1-2-8(14)7(3-6)11(19)13(4-9(15)16)5-10(17)18/h1-3,14H,4-5H2,(H,15,16)(H,17,18). The molecule has 0 radical (unpaired) electrons. The molecule has 19 heavy (non-hydrogen) atoms. The Hall–Kier alpha value is -2.64. The van der Waals surface area contributed by atoms with Gasteiger partial charge in [-0.05, 0) is 18.2 Å². The number of carboxylic acid groups (broad SMARTS) is 2. The second kappa shape index (κ2) is 5.80. The number of amides is 1. The molecular weight excluding hydrogens is 261 g/mol. The summed E-state index contributed by atoms with van der Waals surface area (Å²) in [6.07, 6.45) is 0. The fourth-order valence-electron chi connectivity index (χ4n) is 1.38. The first-order chi connectivity index (χ1) is 8.81. The molecule has 0 heterocycles. The minimum atomic E-state index is -1.43. The summed E-state index contributed by atoms with van der Waals surface area (Å²) in [7, 11) is 0. The first kappa shape index (κ1) is 14.4. The fraction of sp³-hybridized carbons (Fsp3) is 0.182. The molecule has 102 valence electrons. The minimum absolute atomic E-state index is 0.471. The molecule has 1 amide bonds. The number of rotatable bonds is 5. The lowest BCUT2D eigenvalue weighted by molar-refractivity contribution is -0.140. The van der Waals surface area contributed by atoms with Crippen LogP contribution < -0.4 is 0 Å². The van der Waals surface area contributed by atoms with E-state index >= 15 is 0 Å². The van der Waals surface area contributed by atoms with Gasteiger partial charge in [-0.2, -0.15) is 0 Å². The third-order valence-corrected chi connectivity index (χ3v) is 2.13. The lowest BCUT2D eigenvalue weighted by atomic mass is 10.1. The van der Waals surface area contributed by atoms with Crippen LogP contribution in [-0.4, -0.2) is 51.2 Å². The van der Waals surface area contributed by atoms with Gasteiger partial charge in [-0.1, -0.05) is 0 Å². The summed E-state index contributed by atoms with van der Waals surface area (Å²) < 4.78 is 13.0. The Kier molecular flexibility index (Phi) is 4.41. The number of aromatic hydroxyl groups is 1. The third kappa shape index (κ3) is 3.95. The first-order valence-corrected chi connectivity index (χ1v) is 5.02. The number of hydrogen-bond acceptors (Lipinski definition) is 4. The maximum absolute atomic E-state index is 13.0. The molecular formula is C11H10FNO6. The molecule has 0 unspecified atom stereocenters. The smallest absolute Gasteiger partial charge is 0.323 e. The van der Waals surface area contributed by atoms with Gasteiger partial charge in [-0.25, -0.2) is 4.39 Å². The maximum Gasteiger partial charge on any atom is 0.323 e. The van der Waals surface area contributed by atoms with Crippen molar-refractivity contribution in [1.29, 1.82) is 0 Å². The number of carboxylic acids is 2. The summed E-state index contributed by atoms with van der Waals surface area (Å²) in [6, 6.07) is 2.53. The van der Waals surface area contributed by atoms with Crippen molar-refractivity contribution in [2.45, 2.75) is 0 Å². The van der Waals surface area contributed by atoms with Gasteiger partial charge in [0.25, 0.3) is 5.91 Å². The van der Waals surface area contributed by atoms with Gasteiger partial charge in [0.1, 0.15) is 24.7 Å². The van der Waals surface area contributed by atoms with Crippen molar-refractivity contribution in [2.75, 3.05) is 13.1 Å². The van der Waals surface area contributed by atoms with E-state index in [4.69, 9.17) is 10.2 Å². The quantitative estimate of drug-likeness (QED) is 0.701. The normalized spacial score (nSPS) is 9.95. The highest BCUT2D eigenvalue weighted by Crippen LogP contribution is 2.19. The molecule has 0 atom stereocenters. The average Bonchev–Trinajstić information content (AvgIpc) is 2.29. The Balaban J connectivity index is 3.07. The van der Waals surface area contributed by atoms with E-state index in [0.717, 1.165) is 12.1 Å². The highest BCUT2D eigenvalue weighted by atomic mass is 19.1. The largest absolute Gasteiger partial charge is 0.507 e. The van der Waals surface area contributed by atoms with E-state index in [1.807, 2.05) is 0 Å². The van der Waals surface area contributed by atoms with Gasteiger partial charge in [0.15, 0.2) is 0 Å². The molecule has 0 aliphatic rings. The highest BCUT2D eigenvalue weighted by molar-refractivity contribution is 5.99. The van der Waals surface area contributed by atoms with Crippen LogP contribution in [0.15, 0.2) is 18.2 Å². The molecule has 1 aromatic rings. The molecule has 8 heteroatoms. The molecule has 1 aromatic carbocycles. The number of phenolic OH excluding ortho intramolecular Hbond substituents is 1. The molecule has 1 rings (SSSR count). The molecule has 7 nitrogen and oxygen atoms in total. The van der Waals surface area contributed by atoms with Crippen LogP contribution in [0, 0.1) is 5.82 Å². The summed E-state index contributed by atoms with van der Waals surface area (Å²) in [6.45, 7) is -1.75. The van der Waals surface area contributed by atoms with Gasteiger partial charge in [-0.3, -0.25) is 14.4 Å². The number of nitrogens with zero attached hydrogens (tertiary/aromatic N) is 1. The van der Waals surface area contributed by atoms with Crippen LogP contribution in [0.2, 0.25) is 0 Å². The Labute approximate surface area is 106 Å². The van der Waals surface area contributed by atoms with E-state index in [0.29, 0.717) is 11.0 Å². The second-order valence-corrected chi connectivity index (χ2v) is 3.61. The predicted molar refractivity (Wildman–Crippen MR) is 59.2 cm³/mol. The summed E-state index contributed by atoms with van der Waals surface area (Å²) >= 11 is 0. The number of halogens is 1. The molecule has 3 N–H and O–H groups in total. The molecule has 0 spiro atoms. The molecule has 0 aliphatic heterocycles. The summed E-state index contributed by atoms with van der Waals surface area (Å²) in [5.74, 6) is -5.31. The SMILES string of the molecule is O=C(O)CN(CC(=O)O)C(=O)c1cc(F)ccc1O. The number of carbonyl (C=O) groups excluding carboxylic acids is 1. The van der Waals surface area contributed by atoms with E-state index in [2.05, 4.69) is 0 Å². The van der Waals surface area contributed by atoms with Crippen molar-refractivity contribution in [2.24, 2.45) is 0 Å². The Morgan fingerprint density at radius 2 is 1.63 bits per heavy atom. The first-order valence-electron chi connectivity index (χ1n) is 5.02. The van der Waals surface area contributed by atoms with Crippen LogP contribution in [-0.2, 0) is 9.59 Å². The minimum Gasteiger partial charge on any atom is -0.507 e. The van der Waals surface area contributed by atoms with Gasteiger partial charge < -0.3 is 20.2 Å². The zero-order valence-electron chi connectivity index (χ0n) is 9.54. The second-order valence-electron chi connectivity index (χ2n) is 3.61. The van der Waals surface area contributed by atoms with Gasteiger partial charge in [0.05, 0.1) is 5.56 Å². The maximum atomic E-state index is 13.0. The summed E-state index contributed by atoms with van der Waals surface area (Å²) in [4.78, 5) is 33.4. The molecule has 0 saturated carbocycles. The van der Waals surface area contributed by atoms with Crippen molar-refractivity contribution in [1.82, 2.24) is 4.90 Å². The van der Waals surface area contributed by atoms with Crippen LogP contribution in [0.1, 0.15) is 10.4 Å². The van der Waals surface area contributed by atoms with Crippen LogP contribution in [0.3, 0.4) is 0 Å². The van der Waals surface area contributed by atoms with Gasteiger partial charge in [0, 0.05) is 0 Å². The zero-order chi connectivity index (χ0) is 14.6. The van der Waals surface area contributed by atoms with Crippen molar-refractivity contribution >= 4 is 17.8 Å². The van der Waals surface area contributed by atoms with Crippen LogP contribution in [0.4, 0.5) is 4.39 Å². The Morgan fingerprint density at radius 1 is 1.11 bits per heavy atom. The zero-order valence-corrected chi connectivity index (χ0v) is 9.54. The number of carbonyl (C=O) groups is 3. The number of aliphatic carboxylic acids is 2. The van der Waals surface area contributed by atoms with Gasteiger partial charge in [0.2, 0.25) is 0 Å². The molecule has 0 bridgehead atoms. The summed E-state index contributed by atoms with van der Waals surface area (Å²) in [5, 5.41) is 26.6. The van der Waals surface area contributed by atoms with Crippen molar-refractivity contribution < 1.29 is 34.1 Å². The van der Waals surface area contributed by atoms with Crippen LogP contribution >= 0.6 is 0 Å². The summed E-state index contributed by atoms with van der Waals surface area (Å²) in [5.41, 5.74) is -0.498. The van der Waals surface area contributed by atoms with Crippen LogP contribution in [0.5, 0.6) is 5.75 Å². The van der Waals surface area contributed by atoms with E-state index < -0.39 is 48.1 Å². The lowest BCUT2D eigenvalue weighted by Crippen LogP contribution is -2.39. The van der Waals surface area contributed by atoms with E-state index in [9.17, 15) is 23.9 Å². The number of hydrogen-bond donors (Lipinski definition) is 3. The molecule has 0 saturated heterocycles. The van der Waals surface area contributed by atoms with Crippen LogP contribution in [0.25, 0.3) is 0 Å². The number of benzene rings is 1. The molecule has 0 fully saturated rings. The topological polar surface area (TPSA) is 115 Å². The lowest BCUT2D eigenvalue weighted by Gasteiger charge is -2.18. The highest BCUT2D eigenvalue weighted by Gasteiger charge is 2.23. The fourth-order valence-corrected chi connectivity index (χ4v) is 1.38. The Bertz CT molecular complexity index is 514. The molecule has 0 aliphatic carbocycles. The van der Waals surface area contributed by atoms with E-state index in [-0.39, 0.29) is 0 Å². The van der Waals surface area contributed by atoms with E-state index in [1.54, 1.807) is 0 Å². The number of phenols is 1. The van der Waals surface area contributed by atoms with Crippen molar-refractivity contribution in [3.05, 3.63) is 29.6 Å². The van der Waals surface area contributed by atoms with Gasteiger partial charge >= 0.3 is 11.9 Å². The molecule has 0 aromatic heterocycles.